The van der Waals surface area contributed by atoms with Gasteiger partial charge < -0.3 is 10.1 Å². The third-order valence-corrected chi connectivity index (χ3v) is 4.23. The normalized spacial score (nSPS) is 11.2. The number of hydrogen-bond donors (Lipinski definition) is 1. The number of hydrogen-bond acceptors (Lipinski definition) is 3. The molecule has 1 N–H and O–H groups in total. The number of methoxy groups -OCH3 is 1. The van der Waals surface area contributed by atoms with Gasteiger partial charge in [0.2, 0.25) is 5.91 Å². The lowest BCUT2D eigenvalue weighted by Crippen LogP contribution is -2.18. The molecule has 0 atom stereocenters. The Morgan fingerprint density at radius 2 is 1.92 bits per heavy atom. The van der Waals surface area contributed by atoms with Crippen molar-refractivity contribution in [3.05, 3.63) is 59.4 Å². The Hall–Kier alpha value is -2.22. The van der Waals surface area contributed by atoms with Crippen LogP contribution in [0.4, 0.5) is 23.2 Å². The largest absolute Gasteiger partial charge is 0.494 e. The predicted octanol–water partition coefficient (Wildman–Crippen LogP) is 4.73. The maximum absolute atomic E-state index is 13.6. The molecule has 1 amide bonds. The first kappa shape index (κ1) is 19.1. The first-order valence-corrected chi connectivity index (χ1v) is 8.33. The molecule has 0 bridgehead atoms. The van der Waals surface area contributed by atoms with Crippen molar-refractivity contribution in [2.24, 2.45) is 0 Å². The summed E-state index contributed by atoms with van der Waals surface area (Å²) in [5.74, 6) is -0.662. The smallest absolute Gasteiger partial charge is 0.418 e. The molecular formula is C17H15F4NO2S. The Balaban J connectivity index is 1.91. The van der Waals surface area contributed by atoms with Crippen molar-refractivity contribution in [3.63, 3.8) is 0 Å². The Morgan fingerprint density at radius 3 is 2.56 bits per heavy atom. The summed E-state index contributed by atoms with van der Waals surface area (Å²) in [7, 11) is 1.36. The zero-order valence-corrected chi connectivity index (χ0v) is 14.0. The van der Waals surface area contributed by atoms with Crippen LogP contribution in [-0.4, -0.2) is 18.8 Å². The number of halogens is 4. The van der Waals surface area contributed by atoms with E-state index >= 15 is 0 Å². The van der Waals surface area contributed by atoms with Crippen LogP contribution in [-0.2, 0) is 16.7 Å². The summed E-state index contributed by atoms with van der Waals surface area (Å²) in [5, 5.41) is 2.26. The highest BCUT2D eigenvalue weighted by Gasteiger charge is 2.33. The van der Waals surface area contributed by atoms with Gasteiger partial charge in [-0.25, -0.2) is 4.39 Å². The van der Waals surface area contributed by atoms with Crippen molar-refractivity contribution in [3.8, 4) is 5.75 Å². The highest BCUT2D eigenvalue weighted by atomic mass is 32.2. The lowest BCUT2D eigenvalue weighted by molar-refractivity contribution is -0.137. The van der Waals surface area contributed by atoms with Crippen LogP contribution in [0, 0.1) is 5.82 Å². The maximum atomic E-state index is 13.6. The van der Waals surface area contributed by atoms with Gasteiger partial charge in [-0.3, -0.25) is 4.79 Å². The summed E-state index contributed by atoms with van der Waals surface area (Å²) in [5.41, 5.74) is -0.534. The molecule has 2 aromatic carbocycles. The van der Waals surface area contributed by atoms with Gasteiger partial charge in [-0.05, 0) is 29.8 Å². The van der Waals surface area contributed by atoms with Crippen molar-refractivity contribution in [2.75, 3.05) is 18.2 Å². The third-order valence-electron chi connectivity index (χ3n) is 3.22. The lowest BCUT2D eigenvalue weighted by atomic mass is 10.1. The molecule has 25 heavy (non-hydrogen) atoms. The van der Waals surface area contributed by atoms with E-state index in [0.29, 0.717) is 11.3 Å². The molecule has 0 heterocycles. The Morgan fingerprint density at radius 1 is 1.20 bits per heavy atom. The van der Waals surface area contributed by atoms with Crippen molar-refractivity contribution >= 4 is 23.4 Å². The minimum absolute atomic E-state index is 0.0557. The van der Waals surface area contributed by atoms with Crippen LogP contribution in [0.3, 0.4) is 0 Å². The molecule has 0 aliphatic carbocycles. The molecular weight excluding hydrogens is 358 g/mol. The summed E-state index contributed by atoms with van der Waals surface area (Å²) < 4.78 is 57.0. The van der Waals surface area contributed by atoms with E-state index in [9.17, 15) is 22.4 Å². The average Bonchev–Trinajstić information content (AvgIpc) is 2.54. The van der Waals surface area contributed by atoms with Crippen LogP contribution in [0.2, 0.25) is 0 Å². The number of ether oxygens (including phenoxy) is 1. The molecule has 0 radical (unpaired) electrons. The standard InChI is InChI=1S/C17H15F4NO2S/c1-24-15-7-6-11(8-13(15)18)9-25-10-16(23)22-14-5-3-2-4-12(14)17(19,20)21/h2-8H,9-10H2,1H3,(H,22,23). The fraction of sp³-hybridized carbons (Fsp3) is 0.235. The van der Waals surface area contributed by atoms with Crippen LogP contribution < -0.4 is 10.1 Å². The monoisotopic (exact) mass is 373 g/mol. The number of benzene rings is 2. The highest BCUT2D eigenvalue weighted by Crippen LogP contribution is 2.34. The van der Waals surface area contributed by atoms with E-state index in [1.54, 1.807) is 6.07 Å². The van der Waals surface area contributed by atoms with E-state index in [1.165, 1.54) is 49.2 Å². The summed E-state index contributed by atoms with van der Waals surface area (Å²) in [4.78, 5) is 11.9. The first-order chi connectivity index (χ1) is 11.8. The molecule has 0 saturated heterocycles. The van der Waals surface area contributed by atoms with Gasteiger partial charge >= 0.3 is 6.18 Å². The summed E-state index contributed by atoms with van der Waals surface area (Å²) in [6.07, 6.45) is -4.54. The molecule has 3 nitrogen and oxygen atoms in total. The third kappa shape index (κ3) is 5.38. The van der Waals surface area contributed by atoms with E-state index < -0.39 is 23.5 Å². The van der Waals surface area contributed by atoms with E-state index in [4.69, 9.17) is 4.74 Å². The van der Waals surface area contributed by atoms with Crippen LogP contribution in [0.5, 0.6) is 5.75 Å². The van der Waals surface area contributed by atoms with Gasteiger partial charge in [0.1, 0.15) is 0 Å². The lowest BCUT2D eigenvalue weighted by Gasteiger charge is -2.13. The fourth-order valence-corrected chi connectivity index (χ4v) is 2.86. The molecule has 0 fully saturated rings. The molecule has 0 aliphatic rings. The van der Waals surface area contributed by atoms with Crippen molar-refractivity contribution in [1.82, 2.24) is 0 Å². The Labute approximate surface area is 146 Å². The van der Waals surface area contributed by atoms with Gasteiger partial charge in [0.05, 0.1) is 24.1 Å². The van der Waals surface area contributed by atoms with Crippen LogP contribution >= 0.6 is 11.8 Å². The molecule has 134 valence electrons. The van der Waals surface area contributed by atoms with Gasteiger partial charge in [-0.2, -0.15) is 13.2 Å². The highest BCUT2D eigenvalue weighted by molar-refractivity contribution is 7.99. The summed E-state index contributed by atoms with van der Waals surface area (Å²) in [6, 6.07) is 9.20. The summed E-state index contributed by atoms with van der Waals surface area (Å²) in [6.45, 7) is 0. The zero-order chi connectivity index (χ0) is 18.4. The van der Waals surface area contributed by atoms with Crippen molar-refractivity contribution in [2.45, 2.75) is 11.9 Å². The number of anilines is 1. The number of carbonyl (C=O) groups is 1. The summed E-state index contributed by atoms with van der Waals surface area (Å²) >= 11 is 1.17. The number of rotatable bonds is 6. The first-order valence-electron chi connectivity index (χ1n) is 7.17. The number of alkyl halides is 3. The minimum atomic E-state index is -4.54. The van der Waals surface area contributed by atoms with Gasteiger partial charge in [0, 0.05) is 5.75 Å². The molecule has 0 aliphatic heterocycles. The number of carbonyl (C=O) groups excluding carboxylic acids is 1. The molecule has 2 aromatic rings. The quantitative estimate of drug-likeness (QED) is 0.745. The Kier molecular flexibility index (Phi) is 6.30. The minimum Gasteiger partial charge on any atom is -0.494 e. The number of amides is 1. The van der Waals surface area contributed by atoms with E-state index in [2.05, 4.69) is 5.32 Å². The molecule has 8 heteroatoms. The number of para-hydroxylation sites is 1. The number of nitrogens with one attached hydrogen (secondary N) is 1. The SMILES string of the molecule is COc1ccc(CSCC(=O)Nc2ccccc2C(F)(F)F)cc1F. The molecule has 0 saturated carbocycles. The van der Waals surface area contributed by atoms with Gasteiger partial charge in [0.25, 0.3) is 0 Å². The van der Waals surface area contributed by atoms with Gasteiger partial charge in [-0.15, -0.1) is 11.8 Å². The van der Waals surface area contributed by atoms with Crippen LogP contribution in [0.15, 0.2) is 42.5 Å². The predicted molar refractivity (Wildman–Crippen MR) is 89.2 cm³/mol. The molecule has 2 rings (SSSR count). The van der Waals surface area contributed by atoms with Gasteiger partial charge in [-0.1, -0.05) is 18.2 Å². The average molecular weight is 373 g/mol. The van der Waals surface area contributed by atoms with Crippen molar-refractivity contribution in [1.29, 1.82) is 0 Å². The van der Waals surface area contributed by atoms with Crippen LogP contribution in [0.1, 0.15) is 11.1 Å². The molecule has 0 aromatic heterocycles. The second-order valence-electron chi connectivity index (χ2n) is 5.05. The Bertz CT molecular complexity index is 750. The maximum Gasteiger partial charge on any atom is 0.418 e. The van der Waals surface area contributed by atoms with E-state index in [0.717, 1.165) is 6.07 Å². The fourth-order valence-electron chi connectivity index (χ4n) is 2.09. The van der Waals surface area contributed by atoms with E-state index in [-0.39, 0.29) is 17.2 Å². The molecule has 0 spiro atoms. The molecule has 0 unspecified atom stereocenters. The topological polar surface area (TPSA) is 38.3 Å². The second-order valence-corrected chi connectivity index (χ2v) is 6.04. The van der Waals surface area contributed by atoms with Crippen molar-refractivity contribution < 1.29 is 27.1 Å². The second kappa shape index (κ2) is 8.24. The van der Waals surface area contributed by atoms with Crippen LogP contribution in [0.25, 0.3) is 0 Å². The number of thioether (sulfide) groups is 1. The van der Waals surface area contributed by atoms with E-state index in [1.807, 2.05) is 0 Å². The van der Waals surface area contributed by atoms with Gasteiger partial charge in [0.15, 0.2) is 11.6 Å². The zero-order valence-electron chi connectivity index (χ0n) is 13.2.